The highest BCUT2D eigenvalue weighted by molar-refractivity contribution is 6.32. The molecule has 2 aromatic heterocycles. The lowest BCUT2D eigenvalue weighted by Crippen LogP contribution is -2.40. The number of pyridine rings is 1. The van der Waals surface area contributed by atoms with Crippen molar-refractivity contribution in [3.05, 3.63) is 46.1 Å². The van der Waals surface area contributed by atoms with Gasteiger partial charge in [0, 0.05) is 18.3 Å². The van der Waals surface area contributed by atoms with Crippen molar-refractivity contribution in [2.24, 2.45) is 5.92 Å². The number of hydrogen-bond donors (Lipinski definition) is 1. The van der Waals surface area contributed by atoms with Gasteiger partial charge in [-0.3, -0.25) is 0 Å². The fourth-order valence-corrected chi connectivity index (χ4v) is 4.66. The SMILES string of the molecule is Cc1c(-c2noc(-c3cnc(OC(C)C)c(Cl)c3)n2)ccc2c1CCN(C(=O)O)C2CC(C)C. The van der Waals surface area contributed by atoms with E-state index in [1.54, 1.807) is 17.2 Å². The number of amides is 1. The lowest BCUT2D eigenvalue weighted by atomic mass is 9.84. The molecule has 34 heavy (non-hydrogen) atoms. The molecule has 0 radical (unpaired) electrons. The van der Waals surface area contributed by atoms with Crippen molar-refractivity contribution in [1.29, 1.82) is 0 Å². The second-order valence-electron chi connectivity index (χ2n) is 9.28. The van der Waals surface area contributed by atoms with E-state index in [0.717, 1.165) is 28.7 Å². The first kappa shape index (κ1) is 24.0. The molecule has 8 nitrogen and oxygen atoms in total. The quantitative estimate of drug-likeness (QED) is 0.446. The van der Waals surface area contributed by atoms with E-state index in [0.29, 0.717) is 47.1 Å². The van der Waals surface area contributed by atoms with Gasteiger partial charge in [-0.05, 0) is 62.3 Å². The lowest BCUT2D eigenvalue weighted by molar-refractivity contribution is 0.113. The zero-order valence-corrected chi connectivity index (χ0v) is 20.8. The Hall–Kier alpha value is -3.13. The maximum atomic E-state index is 11.8. The number of carbonyl (C=O) groups is 1. The number of benzene rings is 1. The maximum absolute atomic E-state index is 11.8. The van der Waals surface area contributed by atoms with Crippen LogP contribution in [0.15, 0.2) is 28.9 Å². The van der Waals surface area contributed by atoms with E-state index in [-0.39, 0.29) is 12.1 Å². The highest BCUT2D eigenvalue weighted by Gasteiger charge is 2.32. The molecular weight excluding hydrogens is 456 g/mol. The minimum Gasteiger partial charge on any atom is -0.474 e. The first-order valence-corrected chi connectivity index (χ1v) is 11.8. The van der Waals surface area contributed by atoms with Gasteiger partial charge in [0.1, 0.15) is 5.02 Å². The molecule has 0 aliphatic carbocycles. The van der Waals surface area contributed by atoms with Crippen LogP contribution >= 0.6 is 11.6 Å². The number of ether oxygens (including phenoxy) is 1. The zero-order chi connectivity index (χ0) is 24.6. The first-order valence-electron chi connectivity index (χ1n) is 11.4. The topological polar surface area (TPSA) is 102 Å². The number of nitrogens with zero attached hydrogens (tertiary/aromatic N) is 4. The van der Waals surface area contributed by atoms with Crippen molar-refractivity contribution < 1.29 is 19.2 Å². The Morgan fingerprint density at radius 1 is 1.32 bits per heavy atom. The van der Waals surface area contributed by atoms with Crippen LogP contribution in [0.2, 0.25) is 5.02 Å². The van der Waals surface area contributed by atoms with Crippen LogP contribution in [0.3, 0.4) is 0 Å². The summed E-state index contributed by atoms with van der Waals surface area (Å²) in [5.74, 6) is 1.51. The summed E-state index contributed by atoms with van der Waals surface area (Å²) in [6.45, 7) is 10.5. The number of aromatic nitrogens is 3. The second-order valence-corrected chi connectivity index (χ2v) is 9.69. The average Bonchev–Trinajstić information content (AvgIpc) is 3.25. The molecule has 0 saturated heterocycles. The standard InChI is InChI=1S/C25H29ClN4O4/c1-13(2)10-21-19-7-6-18(15(5)17(19)8-9-30(21)25(31)32)22-28-23(34-29-22)16-11-20(26)24(27-12-16)33-14(3)4/h6-7,11-14,21H,8-10H2,1-5H3,(H,31,32). The molecule has 3 heterocycles. The molecule has 1 unspecified atom stereocenters. The third-order valence-corrected chi connectivity index (χ3v) is 6.25. The van der Waals surface area contributed by atoms with E-state index in [2.05, 4.69) is 29.0 Å². The molecule has 1 amide bonds. The number of rotatable bonds is 6. The van der Waals surface area contributed by atoms with Crippen LogP contribution in [0.1, 0.15) is 56.8 Å². The summed E-state index contributed by atoms with van der Waals surface area (Å²) in [5.41, 5.74) is 4.72. The Morgan fingerprint density at radius 3 is 2.74 bits per heavy atom. The van der Waals surface area contributed by atoms with Crippen molar-refractivity contribution in [3.63, 3.8) is 0 Å². The molecule has 0 spiro atoms. The Balaban J connectivity index is 1.66. The normalized spacial score (nSPS) is 15.6. The predicted molar refractivity (Wildman–Crippen MR) is 129 cm³/mol. The van der Waals surface area contributed by atoms with Crippen LogP contribution < -0.4 is 4.74 Å². The average molecular weight is 485 g/mol. The van der Waals surface area contributed by atoms with Crippen molar-refractivity contribution >= 4 is 17.7 Å². The summed E-state index contributed by atoms with van der Waals surface area (Å²) in [6, 6.07) is 5.49. The fourth-order valence-electron chi connectivity index (χ4n) is 4.45. The van der Waals surface area contributed by atoms with Gasteiger partial charge in [0.2, 0.25) is 11.7 Å². The summed E-state index contributed by atoms with van der Waals surface area (Å²) in [7, 11) is 0. The highest BCUT2D eigenvalue weighted by Crippen LogP contribution is 2.39. The molecule has 0 bridgehead atoms. The third kappa shape index (κ3) is 4.73. The molecule has 1 atom stereocenters. The van der Waals surface area contributed by atoms with Gasteiger partial charge in [0.15, 0.2) is 0 Å². The smallest absolute Gasteiger partial charge is 0.407 e. The van der Waals surface area contributed by atoms with Gasteiger partial charge in [-0.2, -0.15) is 4.98 Å². The largest absolute Gasteiger partial charge is 0.474 e. The first-order chi connectivity index (χ1) is 16.2. The fraction of sp³-hybridized carbons (Fsp3) is 0.440. The number of fused-ring (bicyclic) bond motifs is 1. The van der Waals surface area contributed by atoms with Gasteiger partial charge in [-0.25, -0.2) is 9.78 Å². The number of hydrogen-bond acceptors (Lipinski definition) is 6. The van der Waals surface area contributed by atoms with E-state index in [9.17, 15) is 9.90 Å². The molecule has 3 aromatic rings. The van der Waals surface area contributed by atoms with Gasteiger partial charge in [-0.15, -0.1) is 0 Å². The second kappa shape index (κ2) is 9.62. The summed E-state index contributed by atoms with van der Waals surface area (Å²) in [5, 5.41) is 14.3. The van der Waals surface area contributed by atoms with E-state index in [1.807, 2.05) is 32.9 Å². The third-order valence-electron chi connectivity index (χ3n) is 5.98. The Kier molecular flexibility index (Phi) is 6.79. The molecule has 180 valence electrons. The van der Waals surface area contributed by atoms with Crippen LogP contribution in [-0.4, -0.2) is 43.9 Å². The van der Waals surface area contributed by atoms with E-state index < -0.39 is 6.09 Å². The van der Waals surface area contributed by atoms with Gasteiger partial charge < -0.3 is 19.3 Å². The van der Waals surface area contributed by atoms with Gasteiger partial charge >= 0.3 is 6.09 Å². The van der Waals surface area contributed by atoms with E-state index >= 15 is 0 Å². The molecule has 4 rings (SSSR count). The van der Waals surface area contributed by atoms with Crippen LogP contribution in [0, 0.1) is 12.8 Å². The van der Waals surface area contributed by atoms with Gasteiger partial charge in [0.05, 0.1) is 17.7 Å². The minimum absolute atomic E-state index is 0.0412. The molecule has 1 aliphatic rings. The van der Waals surface area contributed by atoms with E-state index in [4.69, 9.17) is 20.9 Å². The molecule has 1 aromatic carbocycles. The Labute approximate surface area is 203 Å². The van der Waals surface area contributed by atoms with Crippen molar-refractivity contribution in [1.82, 2.24) is 20.0 Å². The van der Waals surface area contributed by atoms with Gasteiger partial charge in [-0.1, -0.05) is 42.7 Å². The van der Waals surface area contributed by atoms with Crippen LogP contribution in [-0.2, 0) is 6.42 Å². The summed E-state index contributed by atoms with van der Waals surface area (Å²) >= 11 is 6.31. The lowest BCUT2D eigenvalue weighted by Gasteiger charge is -2.37. The molecule has 0 fully saturated rings. The zero-order valence-electron chi connectivity index (χ0n) is 20.0. The monoisotopic (exact) mass is 484 g/mol. The molecule has 9 heteroatoms. The maximum Gasteiger partial charge on any atom is 0.407 e. The van der Waals surface area contributed by atoms with Crippen molar-refractivity contribution in [2.45, 2.75) is 59.6 Å². The van der Waals surface area contributed by atoms with Crippen LogP contribution in [0.25, 0.3) is 22.8 Å². The molecule has 1 aliphatic heterocycles. The Bertz CT molecular complexity index is 1210. The predicted octanol–water partition coefficient (Wildman–Crippen LogP) is 6.17. The van der Waals surface area contributed by atoms with E-state index in [1.165, 1.54) is 0 Å². The van der Waals surface area contributed by atoms with Crippen LogP contribution in [0.5, 0.6) is 5.88 Å². The minimum atomic E-state index is -0.877. The summed E-state index contributed by atoms with van der Waals surface area (Å²) < 4.78 is 11.1. The number of halogens is 1. The summed E-state index contributed by atoms with van der Waals surface area (Å²) in [6.07, 6.45) is 2.10. The van der Waals surface area contributed by atoms with Crippen LogP contribution in [0.4, 0.5) is 4.79 Å². The Morgan fingerprint density at radius 2 is 2.09 bits per heavy atom. The van der Waals surface area contributed by atoms with Crippen molar-refractivity contribution in [2.75, 3.05) is 6.54 Å². The molecule has 1 N–H and O–H groups in total. The van der Waals surface area contributed by atoms with Gasteiger partial charge in [0.25, 0.3) is 5.89 Å². The number of carboxylic acid groups (broad SMARTS) is 1. The molecular formula is C25H29ClN4O4. The highest BCUT2D eigenvalue weighted by atomic mass is 35.5. The summed E-state index contributed by atoms with van der Waals surface area (Å²) in [4.78, 5) is 22.2. The van der Waals surface area contributed by atoms with Crippen molar-refractivity contribution in [3.8, 4) is 28.7 Å². The molecule has 0 saturated carbocycles.